The molecule has 4 rings (SSSR count). The Morgan fingerprint density at radius 2 is 1.35 bits per heavy atom. The van der Waals surface area contributed by atoms with Gasteiger partial charge in [-0.15, -0.1) is 0 Å². The fourth-order valence-electron chi connectivity index (χ4n) is 3.35. The lowest BCUT2D eigenvalue weighted by Crippen LogP contribution is -2.23. The summed E-state index contributed by atoms with van der Waals surface area (Å²) >= 11 is 0. The quantitative estimate of drug-likeness (QED) is 0.306. The summed E-state index contributed by atoms with van der Waals surface area (Å²) in [5.41, 5.74) is -4.48. The Balaban J connectivity index is 2.04. The lowest BCUT2D eigenvalue weighted by atomic mass is 10.1. The summed E-state index contributed by atoms with van der Waals surface area (Å²) in [5.74, 6) is -0.897. The van der Waals surface area contributed by atoms with Gasteiger partial charge in [0.1, 0.15) is 11.6 Å². The van der Waals surface area contributed by atoms with Crippen LogP contribution in [0, 0.1) is 5.82 Å². The Hall–Kier alpha value is -3.95. The molecular formula is C24H13F7N2O. The molecule has 0 spiro atoms. The second kappa shape index (κ2) is 8.44. The van der Waals surface area contributed by atoms with Crippen molar-refractivity contribution in [1.29, 1.82) is 0 Å². The average Bonchev–Trinajstić information content (AvgIpc) is 2.77. The smallest absolute Gasteiger partial charge is 0.268 e. The summed E-state index contributed by atoms with van der Waals surface area (Å²) in [6.07, 6.45) is -7.83. The van der Waals surface area contributed by atoms with E-state index in [4.69, 9.17) is 0 Å². The van der Waals surface area contributed by atoms with Crippen LogP contribution in [0.25, 0.3) is 28.7 Å². The molecule has 0 N–H and O–H groups in total. The van der Waals surface area contributed by atoms with E-state index < -0.39 is 40.5 Å². The minimum absolute atomic E-state index is 0.0171. The van der Waals surface area contributed by atoms with Crippen LogP contribution in [0.4, 0.5) is 30.7 Å². The van der Waals surface area contributed by atoms with Gasteiger partial charge in [-0.3, -0.25) is 9.36 Å². The molecule has 1 heterocycles. The summed E-state index contributed by atoms with van der Waals surface area (Å²) in [7, 11) is 0. The molecule has 0 amide bonds. The van der Waals surface area contributed by atoms with E-state index in [-0.39, 0.29) is 28.4 Å². The van der Waals surface area contributed by atoms with Crippen LogP contribution in [0.15, 0.2) is 71.5 Å². The van der Waals surface area contributed by atoms with E-state index in [0.717, 1.165) is 6.08 Å². The van der Waals surface area contributed by atoms with E-state index in [2.05, 4.69) is 4.98 Å². The van der Waals surface area contributed by atoms with Crippen molar-refractivity contribution in [1.82, 2.24) is 9.55 Å². The Morgan fingerprint density at radius 1 is 0.765 bits per heavy atom. The molecule has 0 aliphatic rings. The van der Waals surface area contributed by atoms with Crippen LogP contribution in [0.1, 0.15) is 22.5 Å². The van der Waals surface area contributed by atoms with E-state index in [1.807, 2.05) is 0 Å². The molecule has 0 radical (unpaired) electrons. The third-order valence-electron chi connectivity index (χ3n) is 4.95. The van der Waals surface area contributed by atoms with Crippen LogP contribution >= 0.6 is 0 Å². The summed E-state index contributed by atoms with van der Waals surface area (Å²) < 4.78 is 95.0. The Bertz CT molecular complexity index is 1430. The number of hydrogen-bond donors (Lipinski definition) is 0. The summed E-state index contributed by atoms with van der Waals surface area (Å²) in [5, 5.41) is -0.0171. The van der Waals surface area contributed by atoms with Crippen molar-refractivity contribution in [2.45, 2.75) is 12.4 Å². The van der Waals surface area contributed by atoms with Crippen molar-refractivity contribution in [2.24, 2.45) is 0 Å². The number of nitrogens with zero attached hydrogens (tertiary/aromatic N) is 2. The molecule has 3 nitrogen and oxygen atoms in total. The molecule has 0 aliphatic carbocycles. The topological polar surface area (TPSA) is 34.9 Å². The molecule has 0 bridgehead atoms. The fraction of sp³-hybridized carbons (Fsp3) is 0.0833. The number of hydrogen-bond acceptors (Lipinski definition) is 2. The molecular weight excluding hydrogens is 465 g/mol. The van der Waals surface area contributed by atoms with Crippen LogP contribution in [0.5, 0.6) is 0 Å². The molecule has 34 heavy (non-hydrogen) atoms. The van der Waals surface area contributed by atoms with Gasteiger partial charge in [0.25, 0.3) is 5.56 Å². The number of fused-ring (bicyclic) bond motifs is 1. The van der Waals surface area contributed by atoms with Crippen molar-refractivity contribution < 1.29 is 30.7 Å². The van der Waals surface area contributed by atoms with Crippen LogP contribution in [0.3, 0.4) is 0 Å². The third-order valence-corrected chi connectivity index (χ3v) is 4.95. The summed E-state index contributed by atoms with van der Waals surface area (Å²) in [4.78, 5) is 17.4. The first-order chi connectivity index (χ1) is 15.9. The number of benzene rings is 3. The zero-order valence-corrected chi connectivity index (χ0v) is 17.0. The SMILES string of the molecule is O=c1c2ccccc2nc(C=Cc2ccccc2F)n1-c1cc(C(F)(F)F)cc(C(F)(F)F)c1. The minimum atomic E-state index is -5.10. The molecule has 0 saturated heterocycles. The monoisotopic (exact) mass is 478 g/mol. The maximum absolute atomic E-state index is 14.0. The van der Waals surface area contributed by atoms with E-state index in [9.17, 15) is 35.5 Å². The lowest BCUT2D eigenvalue weighted by Gasteiger charge is -2.17. The zero-order chi connectivity index (χ0) is 24.7. The highest BCUT2D eigenvalue weighted by atomic mass is 19.4. The minimum Gasteiger partial charge on any atom is -0.268 e. The van der Waals surface area contributed by atoms with Crippen molar-refractivity contribution in [3.05, 3.63) is 105 Å². The van der Waals surface area contributed by atoms with Crippen molar-refractivity contribution in [3.63, 3.8) is 0 Å². The van der Waals surface area contributed by atoms with Gasteiger partial charge in [0.2, 0.25) is 0 Å². The molecule has 3 aromatic carbocycles. The van der Waals surface area contributed by atoms with Gasteiger partial charge in [0.15, 0.2) is 0 Å². The van der Waals surface area contributed by atoms with Crippen molar-refractivity contribution in [2.75, 3.05) is 0 Å². The molecule has 0 saturated carbocycles. The van der Waals surface area contributed by atoms with Crippen molar-refractivity contribution in [3.8, 4) is 5.69 Å². The maximum atomic E-state index is 14.0. The molecule has 1 aromatic heterocycles. The van der Waals surface area contributed by atoms with Crippen molar-refractivity contribution >= 4 is 23.1 Å². The van der Waals surface area contributed by atoms with Gasteiger partial charge >= 0.3 is 12.4 Å². The first kappa shape index (κ1) is 23.2. The average molecular weight is 478 g/mol. The van der Waals surface area contributed by atoms with E-state index in [1.165, 1.54) is 48.5 Å². The summed E-state index contributed by atoms with van der Waals surface area (Å²) in [6, 6.07) is 12.3. The first-order valence-corrected chi connectivity index (χ1v) is 9.69. The highest BCUT2D eigenvalue weighted by Crippen LogP contribution is 2.37. The van der Waals surface area contributed by atoms with Gasteiger partial charge in [-0.25, -0.2) is 9.37 Å². The highest BCUT2D eigenvalue weighted by molar-refractivity contribution is 5.80. The predicted molar refractivity (Wildman–Crippen MR) is 113 cm³/mol. The maximum Gasteiger partial charge on any atom is 0.416 e. The zero-order valence-electron chi connectivity index (χ0n) is 17.0. The second-order valence-electron chi connectivity index (χ2n) is 7.25. The highest BCUT2D eigenvalue weighted by Gasteiger charge is 2.37. The Kier molecular flexibility index (Phi) is 5.76. The van der Waals surface area contributed by atoms with Crippen LogP contribution in [0.2, 0.25) is 0 Å². The van der Waals surface area contributed by atoms with Gasteiger partial charge in [0, 0.05) is 5.56 Å². The molecule has 10 heteroatoms. The van der Waals surface area contributed by atoms with Gasteiger partial charge in [-0.1, -0.05) is 30.3 Å². The van der Waals surface area contributed by atoms with Gasteiger partial charge in [-0.05, 0) is 48.6 Å². The number of para-hydroxylation sites is 1. The van der Waals surface area contributed by atoms with Gasteiger partial charge < -0.3 is 0 Å². The first-order valence-electron chi connectivity index (χ1n) is 9.69. The number of rotatable bonds is 3. The van der Waals surface area contributed by atoms with Crippen LogP contribution in [-0.2, 0) is 12.4 Å². The fourth-order valence-corrected chi connectivity index (χ4v) is 3.35. The lowest BCUT2D eigenvalue weighted by molar-refractivity contribution is -0.143. The second-order valence-corrected chi connectivity index (χ2v) is 7.25. The number of alkyl halides is 6. The Morgan fingerprint density at radius 3 is 1.97 bits per heavy atom. The van der Waals surface area contributed by atoms with E-state index >= 15 is 0 Å². The van der Waals surface area contributed by atoms with E-state index in [1.54, 1.807) is 6.07 Å². The Labute approximate surface area is 187 Å². The van der Waals surface area contributed by atoms with Crippen LogP contribution in [-0.4, -0.2) is 9.55 Å². The van der Waals surface area contributed by atoms with Gasteiger partial charge in [-0.2, -0.15) is 26.3 Å². The molecule has 0 fully saturated rings. The summed E-state index contributed by atoms with van der Waals surface area (Å²) in [6.45, 7) is 0. The molecule has 0 unspecified atom stereocenters. The van der Waals surface area contributed by atoms with Gasteiger partial charge in [0.05, 0.1) is 27.7 Å². The largest absolute Gasteiger partial charge is 0.416 e. The predicted octanol–water partition coefficient (Wildman–Crippen LogP) is 6.73. The molecule has 4 aromatic rings. The third kappa shape index (κ3) is 4.57. The molecule has 174 valence electrons. The molecule has 0 aliphatic heterocycles. The number of aromatic nitrogens is 2. The standard InChI is InChI=1S/C24H13F7N2O/c25-19-7-3-1-5-14(19)9-10-21-32-20-8-4-2-6-18(20)22(34)33(21)17-12-15(23(26,27)28)11-16(13-17)24(29,30)31/h1-13H. The number of halogens is 7. The normalized spacial score (nSPS) is 12.6. The van der Waals surface area contributed by atoms with E-state index in [0.29, 0.717) is 16.7 Å². The van der Waals surface area contributed by atoms with Crippen LogP contribution < -0.4 is 5.56 Å². The molecule has 0 atom stereocenters.